The van der Waals surface area contributed by atoms with E-state index in [0.717, 1.165) is 45.7 Å². The number of aromatic nitrogens is 4. The molecule has 0 aromatic carbocycles. The van der Waals surface area contributed by atoms with Crippen molar-refractivity contribution in [2.75, 3.05) is 34.2 Å². The Kier molecular flexibility index (Phi) is 10.2. The number of hydrogen-bond acceptors (Lipinski definition) is 6. The first-order chi connectivity index (χ1) is 15.1. The monoisotopic (exact) mass is 451 g/mol. The predicted octanol–water partition coefficient (Wildman–Crippen LogP) is 3.70. The Morgan fingerprint density at radius 2 is 1.27 bits per heavy atom. The van der Waals surface area contributed by atoms with E-state index < -0.39 is 0 Å². The molecule has 3 aliphatic rings. The third kappa shape index (κ3) is 7.19. The summed E-state index contributed by atoms with van der Waals surface area (Å²) in [4.78, 5) is 19.7. The van der Waals surface area contributed by atoms with Crippen molar-refractivity contribution in [1.29, 1.82) is 0 Å². The Labute approximate surface area is 200 Å². The maximum Gasteiger partial charge on any atom is 0.122 e. The average molecular weight is 452 g/mol. The number of hydrogen-bond donors (Lipinski definition) is 0. The molecule has 3 aromatic rings. The first-order valence-corrected chi connectivity index (χ1v) is 11.0. The summed E-state index contributed by atoms with van der Waals surface area (Å²) in [5.74, 6) is 1.19. The minimum Gasteiger partial charge on any atom is -0.333 e. The van der Waals surface area contributed by atoms with E-state index >= 15 is 0 Å². The molecular weight excluding hydrogens is 410 g/mol. The van der Waals surface area contributed by atoms with Gasteiger partial charge >= 0.3 is 0 Å². The quantitative estimate of drug-likeness (QED) is 0.520. The second kappa shape index (κ2) is 12.6. The molecule has 7 nitrogen and oxygen atoms in total. The molecule has 7 heteroatoms. The Morgan fingerprint density at radius 1 is 0.636 bits per heavy atom. The van der Waals surface area contributed by atoms with Gasteiger partial charge < -0.3 is 9.47 Å². The maximum atomic E-state index is 4.33. The minimum absolute atomic E-state index is 0. The third-order valence-corrected chi connectivity index (χ3v) is 5.95. The van der Waals surface area contributed by atoms with E-state index in [1.165, 1.54) is 34.9 Å². The molecule has 0 saturated heterocycles. The number of nitrogens with zero attached hydrogens (tertiary/aromatic N) is 7. The molecule has 180 valence electrons. The summed E-state index contributed by atoms with van der Waals surface area (Å²) in [7, 11) is 6.37. The second-order valence-corrected chi connectivity index (χ2v) is 8.65. The van der Waals surface area contributed by atoms with Gasteiger partial charge in [-0.3, -0.25) is 19.8 Å². The van der Waals surface area contributed by atoms with Crippen LogP contribution in [-0.2, 0) is 39.1 Å². The SMILES string of the molecule is C.C.CN1CCc2cccnc2C1.CN1CCn2ccnc2C1.CN1Cc2cccnc2C1. The van der Waals surface area contributed by atoms with Crippen molar-refractivity contribution in [3.8, 4) is 0 Å². The summed E-state index contributed by atoms with van der Waals surface area (Å²) in [6, 6.07) is 8.34. The highest BCUT2D eigenvalue weighted by Crippen LogP contribution is 2.17. The van der Waals surface area contributed by atoms with Gasteiger partial charge in [-0.2, -0.15) is 0 Å². The van der Waals surface area contributed by atoms with Crippen molar-refractivity contribution < 1.29 is 0 Å². The van der Waals surface area contributed by atoms with Crippen LogP contribution in [0.4, 0.5) is 0 Å². The number of likely N-dealkylation sites (N-methyl/N-ethyl adjacent to an activating group) is 2. The lowest BCUT2D eigenvalue weighted by Crippen LogP contribution is -2.30. The lowest BCUT2D eigenvalue weighted by Gasteiger charge is -2.23. The Balaban J connectivity index is 0.000000170. The van der Waals surface area contributed by atoms with Crippen molar-refractivity contribution in [1.82, 2.24) is 34.2 Å². The molecule has 0 N–H and O–H groups in total. The van der Waals surface area contributed by atoms with E-state index in [1.807, 2.05) is 36.9 Å². The van der Waals surface area contributed by atoms with Crippen LogP contribution in [0.3, 0.4) is 0 Å². The fraction of sp³-hybridized carbons (Fsp3) is 0.500. The third-order valence-electron chi connectivity index (χ3n) is 5.95. The zero-order chi connectivity index (χ0) is 21.6. The normalized spacial score (nSPS) is 16.9. The number of pyridine rings is 2. The van der Waals surface area contributed by atoms with Crippen LogP contribution in [0.2, 0.25) is 0 Å². The van der Waals surface area contributed by atoms with Crippen LogP contribution in [0.15, 0.2) is 49.1 Å². The van der Waals surface area contributed by atoms with Gasteiger partial charge in [-0.15, -0.1) is 0 Å². The van der Waals surface area contributed by atoms with Crippen LogP contribution in [-0.4, -0.2) is 68.5 Å². The summed E-state index contributed by atoms with van der Waals surface area (Å²) < 4.78 is 2.21. The van der Waals surface area contributed by atoms with Crippen molar-refractivity contribution in [2.45, 2.75) is 54.0 Å². The van der Waals surface area contributed by atoms with Crippen LogP contribution in [0.5, 0.6) is 0 Å². The zero-order valence-corrected chi connectivity index (χ0v) is 18.9. The van der Waals surface area contributed by atoms with E-state index in [0.29, 0.717) is 0 Å². The van der Waals surface area contributed by atoms with Gasteiger partial charge in [0, 0.05) is 64.1 Å². The van der Waals surface area contributed by atoms with Gasteiger partial charge in [-0.25, -0.2) is 4.98 Å². The number of imidazole rings is 1. The van der Waals surface area contributed by atoms with Gasteiger partial charge in [0.1, 0.15) is 5.82 Å². The van der Waals surface area contributed by atoms with Crippen molar-refractivity contribution in [3.05, 3.63) is 77.4 Å². The van der Waals surface area contributed by atoms with E-state index in [2.05, 4.69) is 67.5 Å². The van der Waals surface area contributed by atoms with Crippen LogP contribution in [0.25, 0.3) is 0 Å². The summed E-state index contributed by atoms with van der Waals surface area (Å²) in [6.45, 7) is 7.47. The molecule has 3 aromatic heterocycles. The van der Waals surface area contributed by atoms with E-state index in [9.17, 15) is 0 Å². The predicted molar refractivity (Wildman–Crippen MR) is 136 cm³/mol. The molecule has 0 saturated carbocycles. The van der Waals surface area contributed by atoms with Gasteiger partial charge in [0.05, 0.1) is 17.9 Å². The highest BCUT2D eigenvalue weighted by Gasteiger charge is 2.15. The van der Waals surface area contributed by atoms with Gasteiger partial charge in [0.25, 0.3) is 0 Å². The lowest BCUT2D eigenvalue weighted by atomic mass is 10.1. The summed E-state index contributed by atoms with van der Waals surface area (Å²) >= 11 is 0. The lowest BCUT2D eigenvalue weighted by molar-refractivity contribution is 0.264. The van der Waals surface area contributed by atoms with Gasteiger partial charge in [-0.05, 0) is 50.8 Å². The highest BCUT2D eigenvalue weighted by atomic mass is 15.2. The molecule has 0 radical (unpaired) electrons. The molecule has 6 heterocycles. The fourth-order valence-electron chi connectivity index (χ4n) is 4.14. The van der Waals surface area contributed by atoms with Gasteiger partial charge in [0.2, 0.25) is 0 Å². The average Bonchev–Trinajstić information content (AvgIpc) is 3.39. The van der Waals surface area contributed by atoms with E-state index in [4.69, 9.17) is 0 Å². The molecule has 3 aliphatic heterocycles. The van der Waals surface area contributed by atoms with Crippen molar-refractivity contribution in [2.24, 2.45) is 0 Å². The minimum atomic E-state index is 0. The van der Waals surface area contributed by atoms with Crippen LogP contribution in [0.1, 0.15) is 43.2 Å². The molecule has 0 aliphatic carbocycles. The molecule has 0 atom stereocenters. The number of fused-ring (bicyclic) bond motifs is 3. The van der Waals surface area contributed by atoms with Crippen LogP contribution in [0, 0.1) is 0 Å². The summed E-state index contributed by atoms with van der Waals surface area (Å²) in [5, 5.41) is 0. The van der Waals surface area contributed by atoms with E-state index in [1.54, 1.807) is 0 Å². The van der Waals surface area contributed by atoms with Crippen LogP contribution < -0.4 is 0 Å². The molecule has 0 spiro atoms. The Morgan fingerprint density at radius 3 is 2.00 bits per heavy atom. The summed E-state index contributed by atoms with van der Waals surface area (Å²) in [6.07, 6.45) is 8.80. The van der Waals surface area contributed by atoms with E-state index in [-0.39, 0.29) is 14.9 Å². The Bertz CT molecular complexity index is 959. The van der Waals surface area contributed by atoms with Crippen molar-refractivity contribution in [3.63, 3.8) is 0 Å². The second-order valence-electron chi connectivity index (χ2n) is 8.65. The number of rotatable bonds is 0. The van der Waals surface area contributed by atoms with Gasteiger partial charge in [-0.1, -0.05) is 27.0 Å². The highest BCUT2D eigenvalue weighted by molar-refractivity contribution is 5.23. The summed E-state index contributed by atoms with van der Waals surface area (Å²) in [5.41, 5.74) is 5.29. The van der Waals surface area contributed by atoms with Crippen molar-refractivity contribution >= 4 is 0 Å². The molecule has 6 rings (SSSR count). The zero-order valence-electron chi connectivity index (χ0n) is 18.9. The molecular formula is C26H41N7. The molecule has 0 bridgehead atoms. The first-order valence-electron chi connectivity index (χ1n) is 11.0. The van der Waals surface area contributed by atoms with Gasteiger partial charge in [0.15, 0.2) is 0 Å². The topological polar surface area (TPSA) is 53.3 Å². The standard InChI is InChI=1S/C9H12N2.C8H10N2.C7H11N3.2CH4/c1-11-6-4-8-3-2-5-10-9(8)7-11;1-10-5-7-3-2-4-9-8(7)6-10;1-9-4-5-10-3-2-8-7(10)6-9;;/h2-3,5H,4,6-7H2,1H3;2-4H,5-6H2,1H3;2-3H,4-6H2,1H3;2*1H4. The molecule has 33 heavy (non-hydrogen) atoms. The maximum absolute atomic E-state index is 4.33. The molecule has 0 amide bonds. The Hall–Kier alpha value is -2.61. The smallest absolute Gasteiger partial charge is 0.122 e. The molecule has 0 unspecified atom stereocenters. The first kappa shape index (κ1) is 26.6. The largest absolute Gasteiger partial charge is 0.333 e. The fourth-order valence-corrected chi connectivity index (χ4v) is 4.14. The molecule has 0 fully saturated rings. The van der Waals surface area contributed by atoms with Crippen LogP contribution >= 0.6 is 0 Å².